The molecule has 0 aliphatic rings. The van der Waals surface area contributed by atoms with Gasteiger partial charge in [0.05, 0.1) is 36.8 Å². The highest BCUT2D eigenvalue weighted by molar-refractivity contribution is 7.15. The molecule has 0 unspecified atom stereocenters. The third-order valence-electron chi connectivity index (χ3n) is 4.06. The summed E-state index contributed by atoms with van der Waals surface area (Å²) >= 11 is 1.57. The molecule has 3 aromatic rings. The second-order valence-electron chi connectivity index (χ2n) is 5.83. The zero-order chi connectivity index (χ0) is 21.1. The van der Waals surface area contributed by atoms with E-state index in [1.54, 1.807) is 17.4 Å². The number of anilines is 1. The molecule has 2 heterocycles. The Labute approximate surface area is 169 Å². The maximum absolute atomic E-state index is 12.8. The fraction of sp³-hybridized carbons (Fsp3) is 0.222. The Morgan fingerprint density at radius 3 is 2.45 bits per heavy atom. The maximum Gasteiger partial charge on any atom is 0.327 e. The number of nitrogens with zero attached hydrogens (tertiary/aromatic N) is 2. The summed E-state index contributed by atoms with van der Waals surface area (Å²) in [6, 6.07) is 6.78. The van der Waals surface area contributed by atoms with Gasteiger partial charge in [-0.15, -0.1) is 11.3 Å². The van der Waals surface area contributed by atoms with Gasteiger partial charge in [0.1, 0.15) is 5.56 Å². The zero-order valence-corrected chi connectivity index (χ0v) is 16.9. The topological polar surface area (TPSA) is 129 Å². The molecular weight excluding hydrogens is 400 g/mol. The first-order chi connectivity index (χ1) is 13.9. The van der Waals surface area contributed by atoms with Crippen LogP contribution in [0.5, 0.6) is 17.2 Å². The van der Waals surface area contributed by atoms with E-state index in [4.69, 9.17) is 14.2 Å². The number of thiophene rings is 1. The van der Waals surface area contributed by atoms with E-state index in [1.807, 2.05) is 19.1 Å². The number of aromatic nitrogens is 2. The monoisotopic (exact) mass is 418 g/mol. The molecule has 0 radical (unpaired) electrons. The number of methoxy groups -OCH3 is 3. The Morgan fingerprint density at radius 1 is 1.17 bits per heavy atom. The maximum atomic E-state index is 12.8. The standard InChI is InChI=1S/C18H18N4O6S/c1-9-5-6-13(29-9)11-8-14(21-20-11)19-18(23)10-7-12(26-2)16(27-3)17(28-4)15(10)22(24)25/h5-8H,1-4H3,(H2,19,20,21,23). The fourth-order valence-electron chi connectivity index (χ4n) is 2.77. The van der Waals surface area contributed by atoms with Gasteiger partial charge >= 0.3 is 5.69 Å². The van der Waals surface area contributed by atoms with Crippen molar-refractivity contribution >= 4 is 28.7 Å². The van der Waals surface area contributed by atoms with Crippen molar-refractivity contribution in [3.63, 3.8) is 0 Å². The number of benzene rings is 1. The number of nitro groups is 1. The van der Waals surface area contributed by atoms with E-state index in [0.29, 0.717) is 0 Å². The summed E-state index contributed by atoms with van der Waals surface area (Å²) in [6.45, 7) is 1.98. The lowest BCUT2D eigenvalue weighted by Gasteiger charge is -2.14. The molecule has 11 heteroatoms. The van der Waals surface area contributed by atoms with Gasteiger partial charge in [-0.25, -0.2) is 0 Å². The number of hydrogen-bond donors (Lipinski definition) is 2. The lowest BCUT2D eigenvalue weighted by molar-refractivity contribution is -0.386. The molecule has 10 nitrogen and oxygen atoms in total. The van der Waals surface area contributed by atoms with Gasteiger partial charge in [-0.05, 0) is 19.1 Å². The minimum absolute atomic E-state index is 0.0216. The van der Waals surface area contributed by atoms with Crippen LogP contribution in [0.4, 0.5) is 11.5 Å². The Balaban J connectivity index is 1.98. The van der Waals surface area contributed by atoms with Gasteiger partial charge < -0.3 is 19.5 Å². The fourth-order valence-corrected chi connectivity index (χ4v) is 3.60. The number of hydrogen-bond acceptors (Lipinski definition) is 8. The van der Waals surface area contributed by atoms with Crippen LogP contribution in [0.15, 0.2) is 24.3 Å². The number of H-pyrrole nitrogens is 1. The highest BCUT2D eigenvalue weighted by Gasteiger charge is 2.32. The van der Waals surface area contributed by atoms with Crippen LogP contribution in [-0.4, -0.2) is 42.4 Å². The molecule has 1 aromatic carbocycles. The van der Waals surface area contributed by atoms with Gasteiger partial charge in [-0.3, -0.25) is 20.0 Å². The Morgan fingerprint density at radius 2 is 1.90 bits per heavy atom. The van der Waals surface area contributed by atoms with Crippen LogP contribution in [0, 0.1) is 17.0 Å². The first-order valence-corrected chi connectivity index (χ1v) is 9.12. The number of amides is 1. The summed E-state index contributed by atoms with van der Waals surface area (Å²) in [5.74, 6) is -0.584. The average Bonchev–Trinajstić information content (AvgIpc) is 3.34. The first kappa shape index (κ1) is 20.1. The molecule has 2 aromatic heterocycles. The van der Waals surface area contributed by atoms with Gasteiger partial charge in [-0.1, -0.05) is 0 Å². The van der Waals surface area contributed by atoms with Crippen LogP contribution in [0.25, 0.3) is 10.6 Å². The molecule has 29 heavy (non-hydrogen) atoms. The molecule has 152 valence electrons. The number of nitro benzene ring substituents is 1. The number of carbonyl (C=O) groups excluding carboxylic acids is 1. The van der Waals surface area contributed by atoms with Gasteiger partial charge in [-0.2, -0.15) is 5.10 Å². The smallest absolute Gasteiger partial charge is 0.327 e. The number of aromatic amines is 1. The molecule has 0 spiro atoms. The van der Waals surface area contributed by atoms with E-state index in [-0.39, 0.29) is 28.6 Å². The lowest BCUT2D eigenvalue weighted by Crippen LogP contribution is -2.15. The molecule has 1 amide bonds. The Bertz CT molecular complexity index is 1070. The number of carbonyl (C=O) groups is 1. The molecule has 0 saturated carbocycles. The predicted octanol–water partition coefficient (Wildman–Crippen LogP) is 3.63. The SMILES string of the molecule is COc1cc(C(=O)Nc2cc(-c3ccc(C)s3)[nH]n2)c([N+](=O)[O-])c(OC)c1OC. The number of nitrogens with one attached hydrogen (secondary N) is 2. The van der Waals surface area contributed by atoms with Crippen LogP contribution in [0.3, 0.4) is 0 Å². The van der Waals surface area contributed by atoms with Crippen molar-refractivity contribution in [2.45, 2.75) is 6.92 Å². The molecular formula is C18H18N4O6S. The molecule has 3 rings (SSSR count). The summed E-state index contributed by atoms with van der Waals surface area (Å²) in [5.41, 5.74) is -0.0638. The molecule has 2 N–H and O–H groups in total. The van der Waals surface area contributed by atoms with Crippen LogP contribution < -0.4 is 19.5 Å². The number of aryl methyl sites for hydroxylation is 1. The van der Waals surface area contributed by atoms with Crippen molar-refractivity contribution in [3.05, 3.63) is 44.8 Å². The molecule has 0 aliphatic heterocycles. The van der Waals surface area contributed by atoms with Gasteiger partial charge in [0.15, 0.2) is 11.6 Å². The predicted molar refractivity (Wildman–Crippen MR) is 107 cm³/mol. The minimum atomic E-state index is -0.739. The molecule has 0 bridgehead atoms. The lowest BCUT2D eigenvalue weighted by atomic mass is 10.1. The van der Waals surface area contributed by atoms with Crippen molar-refractivity contribution in [3.8, 4) is 27.8 Å². The summed E-state index contributed by atoms with van der Waals surface area (Å²) < 4.78 is 15.5. The third kappa shape index (κ3) is 3.85. The summed E-state index contributed by atoms with van der Waals surface area (Å²) in [5, 5.41) is 21.1. The number of rotatable bonds is 7. The van der Waals surface area contributed by atoms with Crippen molar-refractivity contribution < 1.29 is 23.9 Å². The normalized spacial score (nSPS) is 10.5. The van der Waals surface area contributed by atoms with E-state index in [0.717, 1.165) is 15.4 Å². The highest BCUT2D eigenvalue weighted by Crippen LogP contribution is 2.46. The van der Waals surface area contributed by atoms with E-state index >= 15 is 0 Å². The molecule has 0 aliphatic carbocycles. The highest BCUT2D eigenvalue weighted by atomic mass is 32.1. The van der Waals surface area contributed by atoms with E-state index in [2.05, 4.69) is 15.5 Å². The van der Waals surface area contributed by atoms with Crippen LogP contribution in [0.2, 0.25) is 0 Å². The van der Waals surface area contributed by atoms with Crippen molar-refractivity contribution in [2.75, 3.05) is 26.6 Å². The molecule has 0 saturated heterocycles. The van der Waals surface area contributed by atoms with Crippen molar-refractivity contribution in [2.24, 2.45) is 0 Å². The average molecular weight is 418 g/mol. The van der Waals surface area contributed by atoms with Gasteiger partial charge in [0.25, 0.3) is 5.91 Å². The van der Waals surface area contributed by atoms with Crippen molar-refractivity contribution in [1.29, 1.82) is 0 Å². The second-order valence-corrected chi connectivity index (χ2v) is 7.12. The quantitative estimate of drug-likeness (QED) is 0.443. The third-order valence-corrected chi connectivity index (χ3v) is 5.09. The van der Waals surface area contributed by atoms with Gasteiger partial charge in [0.2, 0.25) is 11.5 Å². The van der Waals surface area contributed by atoms with E-state index in [9.17, 15) is 14.9 Å². The Kier molecular flexibility index (Phi) is 5.69. The van der Waals surface area contributed by atoms with Gasteiger partial charge in [0, 0.05) is 17.0 Å². The molecule has 0 atom stereocenters. The van der Waals surface area contributed by atoms with E-state index in [1.165, 1.54) is 27.4 Å². The van der Waals surface area contributed by atoms with Crippen molar-refractivity contribution in [1.82, 2.24) is 10.2 Å². The summed E-state index contributed by atoms with van der Waals surface area (Å²) in [6.07, 6.45) is 0. The van der Waals surface area contributed by atoms with Crippen LogP contribution in [-0.2, 0) is 0 Å². The molecule has 0 fully saturated rings. The van der Waals surface area contributed by atoms with Crippen LogP contribution >= 0.6 is 11.3 Å². The van der Waals surface area contributed by atoms with E-state index < -0.39 is 16.5 Å². The summed E-state index contributed by atoms with van der Waals surface area (Å²) in [7, 11) is 3.92. The summed E-state index contributed by atoms with van der Waals surface area (Å²) in [4.78, 5) is 25.8. The zero-order valence-electron chi connectivity index (χ0n) is 16.1. The number of ether oxygens (including phenoxy) is 3. The minimum Gasteiger partial charge on any atom is -0.493 e. The second kappa shape index (κ2) is 8.19. The first-order valence-electron chi connectivity index (χ1n) is 8.30. The largest absolute Gasteiger partial charge is 0.493 e. The van der Waals surface area contributed by atoms with Crippen LogP contribution in [0.1, 0.15) is 15.2 Å². The Hall–Kier alpha value is -3.60.